The summed E-state index contributed by atoms with van der Waals surface area (Å²) in [5, 5.41) is 0. The van der Waals surface area contributed by atoms with E-state index in [1.165, 1.54) is 0 Å². The lowest BCUT2D eigenvalue weighted by Gasteiger charge is -2.06. The number of rotatable bonds is 6. The number of Topliss-reactive ketones (excluding diaryl/α,β-unsaturated/α-hetero) is 1. The van der Waals surface area contributed by atoms with Gasteiger partial charge in [-0.1, -0.05) is 44.2 Å². The van der Waals surface area contributed by atoms with Crippen LogP contribution in [0.2, 0.25) is 0 Å². The third-order valence-electron chi connectivity index (χ3n) is 2.45. The Kier molecular flexibility index (Phi) is 4.87. The summed E-state index contributed by atoms with van der Waals surface area (Å²) in [4.78, 5) is 11.7. The molecule has 0 amide bonds. The summed E-state index contributed by atoms with van der Waals surface area (Å²) in [5.41, 5.74) is 0.459. The van der Waals surface area contributed by atoms with E-state index in [1.807, 2.05) is 13.8 Å². The largest absolute Gasteiger partial charge is 0.293 e. The molecule has 0 radical (unpaired) electrons. The lowest BCUT2D eigenvalue weighted by molar-refractivity contribution is 0.102. The van der Waals surface area contributed by atoms with Crippen LogP contribution in [-0.2, 0) is 9.84 Å². The molecule has 0 saturated heterocycles. The molecule has 0 aliphatic rings. The molecule has 17 heavy (non-hydrogen) atoms. The minimum Gasteiger partial charge on any atom is -0.293 e. The maximum absolute atomic E-state index is 11.7. The normalized spacial score (nSPS) is 11.7. The molecule has 0 aliphatic heterocycles. The number of carbonyl (C=O) groups excluding carboxylic acids is 1. The Morgan fingerprint density at radius 2 is 1.76 bits per heavy atom. The van der Waals surface area contributed by atoms with Gasteiger partial charge in [0.15, 0.2) is 15.6 Å². The van der Waals surface area contributed by atoms with Crippen molar-refractivity contribution < 1.29 is 13.2 Å². The van der Waals surface area contributed by atoms with Gasteiger partial charge in [0, 0.05) is 5.56 Å². The van der Waals surface area contributed by atoms with Crippen LogP contribution in [0.25, 0.3) is 0 Å². The molecule has 0 fully saturated rings. The van der Waals surface area contributed by atoms with E-state index in [-0.39, 0.29) is 17.3 Å². The van der Waals surface area contributed by atoms with E-state index in [9.17, 15) is 13.2 Å². The van der Waals surface area contributed by atoms with Gasteiger partial charge in [0.25, 0.3) is 0 Å². The SMILES string of the molecule is CC(C)CCS(=O)(=O)CC(=O)c1ccccc1. The predicted molar refractivity (Wildman–Crippen MR) is 68.9 cm³/mol. The zero-order chi connectivity index (χ0) is 12.9. The summed E-state index contributed by atoms with van der Waals surface area (Å²) >= 11 is 0. The fourth-order valence-corrected chi connectivity index (χ4v) is 2.94. The summed E-state index contributed by atoms with van der Waals surface area (Å²) < 4.78 is 23.4. The van der Waals surface area contributed by atoms with Gasteiger partial charge in [0.05, 0.1) is 5.75 Å². The number of carbonyl (C=O) groups is 1. The second-order valence-corrected chi connectivity index (χ2v) is 6.75. The van der Waals surface area contributed by atoms with Crippen LogP contribution in [0.3, 0.4) is 0 Å². The molecule has 0 unspecified atom stereocenters. The summed E-state index contributed by atoms with van der Waals surface area (Å²) in [6.07, 6.45) is 0.602. The number of benzene rings is 1. The van der Waals surface area contributed by atoms with E-state index >= 15 is 0 Å². The highest BCUT2D eigenvalue weighted by molar-refractivity contribution is 7.92. The number of ketones is 1. The third kappa shape index (κ3) is 5.13. The first-order chi connectivity index (χ1) is 7.91. The second kappa shape index (κ2) is 5.96. The van der Waals surface area contributed by atoms with Gasteiger partial charge >= 0.3 is 0 Å². The Morgan fingerprint density at radius 3 is 2.29 bits per heavy atom. The fraction of sp³-hybridized carbons (Fsp3) is 0.462. The van der Waals surface area contributed by atoms with Crippen molar-refractivity contribution in [3.05, 3.63) is 35.9 Å². The van der Waals surface area contributed by atoms with Crippen LogP contribution in [0.5, 0.6) is 0 Å². The van der Waals surface area contributed by atoms with Crippen LogP contribution in [0, 0.1) is 5.92 Å². The third-order valence-corrected chi connectivity index (χ3v) is 4.01. The molecule has 0 heterocycles. The number of sulfone groups is 1. The Labute approximate surface area is 103 Å². The summed E-state index contributed by atoms with van der Waals surface area (Å²) in [5.74, 6) is -0.293. The van der Waals surface area contributed by atoms with Crippen LogP contribution >= 0.6 is 0 Å². The van der Waals surface area contributed by atoms with Crippen LogP contribution in [0.1, 0.15) is 30.6 Å². The van der Waals surface area contributed by atoms with Crippen LogP contribution in [0.15, 0.2) is 30.3 Å². The van der Waals surface area contributed by atoms with Gasteiger partial charge in [-0.3, -0.25) is 4.79 Å². The van der Waals surface area contributed by atoms with Gasteiger partial charge < -0.3 is 0 Å². The van der Waals surface area contributed by atoms with E-state index in [4.69, 9.17) is 0 Å². The standard InChI is InChI=1S/C13H18O3S/c1-11(2)8-9-17(15,16)10-13(14)12-6-4-3-5-7-12/h3-7,11H,8-10H2,1-2H3. The zero-order valence-electron chi connectivity index (χ0n) is 10.2. The smallest absolute Gasteiger partial charge is 0.177 e. The van der Waals surface area contributed by atoms with Crippen LogP contribution < -0.4 is 0 Å². The molecule has 0 N–H and O–H groups in total. The monoisotopic (exact) mass is 254 g/mol. The molecule has 3 nitrogen and oxygen atoms in total. The average Bonchev–Trinajstić information content (AvgIpc) is 2.27. The minimum absolute atomic E-state index is 0.0865. The maximum Gasteiger partial charge on any atom is 0.177 e. The van der Waals surface area contributed by atoms with Gasteiger partial charge in [0.2, 0.25) is 0 Å². The quantitative estimate of drug-likeness (QED) is 0.732. The van der Waals surface area contributed by atoms with Crippen molar-refractivity contribution in [1.29, 1.82) is 0 Å². The maximum atomic E-state index is 11.7. The topological polar surface area (TPSA) is 51.2 Å². The molecule has 94 valence electrons. The highest BCUT2D eigenvalue weighted by Crippen LogP contribution is 2.07. The highest BCUT2D eigenvalue weighted by atomic mass is 32.2. The van der Waals surface area contributed by atoms with Crippen LogP contribution in [0.4, 0.5) is 0 Å². The van der Waals surface area contributed by atoms with Crippen molar-refractivity contribution in [2.45, 2.75) is 20.3 Å². The molecular formula is C13H18O3S. The van der Waals surface area contributed by atoms with E-state index in [0.29, 0.717) is 17.9 Å². The summed E-state index contributed by atoms with van der Waals surface area (Å²) in [6, 6.07) is 8.53. The molecule has 0 spiro atoms. The Bertz CT molecular complexity index is 461. The number of hydrogen-bond acceptors (Lipinski definition) is 3. The molecule has 0 aromatic heterocycles. The minimum atomic E-state index is -3.27. The molecule has 0 bridgehead atoms. The molecule has 1 aromatic carbocycles. The first kappa shape index (κ1) is 13.9. The Hall–Kier alpha value is -1.16. The van der Waals surface area contributed by atoms with Gasteiger partial charge in [0.1, 0.15) is 5.75 Å². The van der Waals surface area contributed by atoms with E-state index in [2.05, 4.69) is 0 Å². The van der Waals surface area contributed by atoms with Crippen molar-refractivity contribution in [3.63, 3.8) is 0 Å². The highest BCUT2D eigenvalue weighted by Gasteiger charge is 2.17. The fourth-order valence-electron chi connectivity index (χ4n) is 1.39. The van der Waals surface area contributed by atoms with Crippen molar-refractivity contribution >= 4 is 15.6 Å². The summed E-state index contributed by atoms with van der Waals surface area (Å²) in [6.45, 7) is 3.93. The molecule has 0 aliphatic carbocycles. The Morgan fingerprint density at radius 1 is 1.18 bits per heavy atom. The first-order valence-corrected chi connectivity index (χ1v) is 7.51. The lowest BCUT2D eigenvalue weighted by atomic mass is 10.2. The van der Waals surface area contributed by atoms with Gasteiger partial charge in [-0.15, -0.1) is 0 Å². The lowest BCUT2D eigenvalue weighted by Crippen LogP contribution is -2.19. The summed E-state index contributed by atoms with van der Waals surface area (Å²) in [7, 11) is -3.27. The van der Waals surface area contributed by atoms with Crippen molar-refractivity contribution in [1.82, 2.24) is 0 Å². The molecule has 0 atom stereocenters. The first-order valence-electron chi connectivity index (χ1n) is 5.69. The van der Waals surface area contributed by atoms with Gasteiger partial charge in [-0.05, 0) is 12.3 Å². The van der Waals surface area contributed by atoms with Gasteiger partial charge in [-0.2, -0.15) is 0 Å². The molecule has 1 rings (SSSR count). The van der Waals surface area contributed by atoms with Crippen molar-refractivity contribution in [3.8, 4) is 0 Å². The number of hydrogen-bond donors (Lipinski definition) is 0. The van der Waals surface area contributed by atoms with E-state index in [0.717, 1.165) is 0 Å². The van der Waals surface area contributed by atoms with E-state index in [1.54, 1.807) is 30.3 Å². The zero-order valence-corrected chi connectivity index (χ0v) is 11.0. The van der Waals surface area contributed by atoms with Gasteiger partial charge in [-0.25, -0.2) is 8.42 Å². The van der Waals surface area contributed by atoms with Crippen molar-refractivity contribution in [2.24, 2.45) is 5.92 Å². The molecule has 0 saturated carbocycles. The molecule has 4 heteroatoms. The second-order valence-electron chi connectivity index (χ2n) is 4.56. The van der Waals surface area contributed by atoms with Crippen LogP contribution in [-0.4, -0.2) is 25.7 Å². The van der Waals surface area contributed by atoms with Crippen molar-refractivity contribution in [2.75, 3.05) is 11.5 Å². The predicted octanol–water partition coefficient (Wildman–Crippen LogP) is 2.33. The molecular weight excluding hydrogens is 236 g/mol. The average molecular weight is 254 g/mol. The van der Waals surface area contributed by atoms with E-state index < -0.39 is 9.84 Å². The Balaban J connectivity index is 2.63. The molecule has 1 aromatic rings.